The number of hydrogen-bond donors (Lipinski definition) is 0. The highest BCUT2D eigenvalue weighted by molar-refractivity contribution is 7.89. The Morgan fingerprint density at radius 3 is 2.21 bits per heavy atom. The van der Waals surface area contributed by atoms with Crippen molar-refractivity contribution in [2.24, 2.45) is 0 Å². The molecule has 9 heteroatoms. The standard InChI is InChI=1S/C25H20N2O6S/c28-23-21-10-3-4-11-22(21)24(29)27(23)16-33-25(30)18-8-5-9-20(14-18)34(31,32)26-13-12-17-6-1-2-7-19(17)15-26/h1-11,14H,12-13,15-16H2. The number of fused-ring (bicyclic) bond motifs is 2. The second-order valence-corrected chi connectivity index (χ2v) is 9.97. The van der Waals surface area contributed by atoms with Crippen LogP contribution in [0.5, 0.6) is 0 Å². The van der Waals surface area contributed by atoms with Gasteiger partial charge in [-0.05, 0) is 47.9 Å². The maximum Gasteiger partial charge on any atom is 0.339 e. The molecule has 0 N–H and O–H groups in total. The Balaban J connectivity index is 1.30. The van der Waals surface area contributed by atoms with Gasteiger partial charge >= 0.3 is 5.97 Å². The fraction of sp³-hybridized carbons (Fsp3) is 0.160. The molecule has 3 aromatic rings. The molecule has 2 amide bonds. The number of benzene rings is 3. The van der Waals surface area contributed by atoms with Gasteiger partial charge in [-0.3, -0.25) is 9.59 Å². The van der Waals surface area contributed by atoms with Gasteiger partial charge in [0.1, 0.15) is 0 Å². The van der Waals surface area contributed by atoms with Crippen LogP contribution in [0.25, 0.3) is 0 Å². The van der Waals surface area contributed by atoms with E-state index in [-0.39, 0.29) is 28.1 Å². The zero-order valence-corrected chi connectivity index (χ0v) is 18.8. The molecule has 0 aliphatic carbocycles. The van der Waals surface area contributed by atoms with Crippen molar-refractivity contribution in [2.75, 3.05) is 13.3 Å². The van der Waals surface area contributed by atoms with Crippen molar-refractivity contribution in [3.8, 4) is 0 Å². The highest BCUT2D eigenvalue weighted by Gasteiger charge is 2.36. The minimum absolute atomic E-state index is 0.00935. The Hall–Kier alpha value is -3.82. The van der Waals surface area contributed by atoms with Gasteiger partial charge in [0.05, 0.1) is 21.6 Å². The maximum atomic E-state index is 13.2. The number of imide groups is 1. The number of rotatable bonds is 5. The summed E-state index contributed by atoms with van der Waals surface area (Å²) < 4.78 is 33.0. The highest BCUT2D eigenvalue weighted by Crippen LogP contribution is 2.26. The number of ether oxygens (including phenoxy) is 1. The van der Waals surface area contributed by atoms with Crippen LogP contribution in [0.15, 0.2) is 77.7 Å². The molecule has 0 fully saturated rings. The molecule has 172 valence electrons. The van der Waals surface area contributed by atoms with Gasteiger partial charge in [0.15, 0.2) is 6.73 Å². The first-order chi connectivity index (χ1) is 16.4. The topological polar surface area (TPSA) is 101 Å². The number of amides is 2. The summed E-state index contributed by atoms with van der Waals surface area (Å²) in [5, 5.41) is 0. The van der Waals surface area contributed by atoms with Crippen LogP contribution < -0.4 is 0 Å². The SMILES string of the molecule is O=C(OCN1C(=O)c2ccccc2C1=O)c1cccc(S(=O)(=O)N2CCc3ccccc3C2)c1. The van der Waals surface area contributed by atoms with Crippen LogP contribution in [0.2, 0.25) is 0 Å². The Labute approximate surface area is 196 Å². The Bertz CT molecular complexity index is 1400. The molecule has 2 aliphatic rings. The second-order valence-electron chi connectivity index (χ2n) is 8.03. The van der Waals surface area contributed by atoms with Crippen molar-refractivity contribution in [3.63, 3.8) is 0 Å². The largest absolute Gasteiger partial charge is 0.440 e. The van der Waals surface area contributed by atoms with Crippen LogP contribution >= 0.6 is 0 Å². The van der Waals surface area contributed by atoms with E-state index in [9.17, 15) is 22.8 Å². The van der Waals surface area contributed by atoms with Gasteiger partial charge in [-0.2, -0.15) is 4.31 Å². The highest BCUT2D eigenvalue weighted by atomic mass is 32.2. The van der Waals surface area contributed by atoms with Gasteiger partial charge in [0, 0.05) is 13.1 Å². The predicted octanol–water partition coefficient (Wildman–Crippen LogP) is 2.84. The first kappa shape index (κ1) is 22.0. The Kier molecular flexibility index (Phi) is 5.51. The number of nitrogens with zero attached hydrogens (tertiary/aromatic N) is 2. The smallest absolute Gasteiger partial charge is 0.339 e. The molecule has 34 heavy (non-hydrogen) atoms. The normalized spacial score (nSPS) is 15.7. The molecule has 0 bridgehead atoms. The molecular formula is C25H20N2O6S. The number of sulfonamides is 1. The van der Waals surface area contributed by atoms with Crippen molar-refractivity contribution in [1.29, 1.82) is 0 Å². The third-order valence-corrected chi connectivity index (χ3v) is 7.85. The lowest BCUT2D eigenvalue weighted by molar-refractivity contribution is 0.0228. The van der Waals surface area contributed by atoms with Gasteiger partial charge in [-0.15, -0.1) is 0 Å². The van der Waals surface area contributed by atoms with E-state index < -0.39 is 34.5 Å². The molecule has 0 saturated heterocycles. The number of hydrogen-bond acceptors (Lipinski definition) is 6. The summed E-state index contributed by atoms with van der Waals surface area (Å²) in [5.41, 5.74) is 2.59. The summed E-state index contributed by atoms with van der Waals surface area (Å²) in [6.07, 6.45) is 0.609. The third-order valence-electron chi connectivity index (χ3n) is 6.01. The molecule has 0 aromatic heterocycles. The van der Waals surface area contributed by atoms with Crippen molar-refractivity contribution < 1.29 is 27.5 Å². The minimum Gasteiger partial charge on any atom is -0.440 e. The van der Waals surface area contributed by atoms with Crippen LogP contribution in [0.1, 0.15) is 42.2 Å². The van der Waals surface area contributed by atoms with Gasteiger partial charge in [0.25, 0.3) is 11.8 Å². The van der Waals surface area contributed by atoms with Crippen molar-refractivity contribution in [1.82, 2.24) is 9.21 Å². The van der Waals surface area contributed by atoms with Crippen LogP contribution in [0, 0.1) is 0 Å². The zero-order valence-electron chi connectivity index (χ0n) is 18.0. The summed E-state index contributed by atoms with van der Waals surface area (Å²) in [6.45, 7) is 0.0335. The molecule has 5 rings (SSSR count). The molecule has 8 nitrogen and oxygen atoms in total. The van der Waals surface area contributed by atoms with E-state index >= 15 is 0 Å². The lowest BCUT2D eigenvalue weighted by Crippen LogP contribution is -2.36. The zero-order chi connectivity index (χ0) is 23.9. The molecule has 2 aliphatic heterocycles. The van der Waals surface area contributed by atoms with Gasteiger partial charge in [-0.1, -0.05) is 42.5 Å². The van der Waals surface area contributed by atoms with Crippen LogP contribution in [-0.4, -0.2) is 48.7 Å². The van der Waals surface area contributed by atoms with Crippen molar-refractivity contribution in [3.05, 3.63) is 101 Å². The summed E-state index contributed by atoms with van der Waals surface area (Å²) in [5.74, 6) is -1.93. The molecule has 0 saturated carbocycles. The Morgan fingerprint density at radius 1 is 0.853 bits per heavy atom. The van der Waals surface area contributed by atoms with Crippen LogP contribution in [0.4, 0.5) is 0 Å². The Morgan fingerprint density at radius 2 is 1.50 bits per heavy atom. The summed E-state index contributed by atoms with van der Waals surface area (Å²) in [7, 11) is -3.84. The van der Waals surface area contributed by atoms with E-state index in [2.05, 4.69) is 0 Å². The summed E-state index contributed by atoms with van der Waals surface area (Å²) >= 11 is 0. The van der Waals surface area contributed by atoms with Gasteiger partial charge < -0.3 is 4.74 Å². The number of esters is 1. The first-order valence-corrected chi connectivity index (χ1v) is 12.1. The van der Waals surface area contributed by atoms with E-state index in [1.54, 1.807) is 12.1 Å². The average Bonchev–Trinajstić information content (AvgIpc) is 3.11. The van der Waals surface area contributed by atoms with Crippen LogP contribution in [0.3, 0.4) is 0 Å². The van der Waals surface area contributed by atoms with Gasteiger partial charge in [0.2, 0.25) is 10.0 Å². The lowest BCUT2D eigenvalue weighted by atomic mass is 10.0. The van der Waals surface area contributed by atoms with Crippen LogP contribution in [-0.2, 0) is 27.7 Å². The molecule has 3 aromatic carbocycles. The predicted molar refractivity (Wildman–Crippen MR) is 121 cm³/mol. The number of carbonyl (C=O) groups is 3. The number of carbonyl (C=O) groups excluding carboxylic acids is 3. The monoisotopic (exact) mass is 476 g/mol. The van der Waals surface area contributed by atoms with Crippen molar-refractivity contribution in [2.45, 2.75) is 17.9 Å². The lowest BCUT2D eigenvalue weighted by Gasteiger charge is -2.28. The van der Waals surface area contributed by atoms with E-state index in [4.69, 9.17) is 4.74 Å². The molecule has 0 unspecified atom stereocenters. The fourth-order valence-electron chi connectivity index (χ4n) is 4.17. The molecule has 0 spiro atoms. The second kappa shape index (κ2) is 8.51. The molecular weight excluding hydrogens is 456 g/mol. The maximum absolute atomic E-state index is 13.2. The van der Waals surface area contributed by atoms with E-state index in [1.807, 2.05) is 24.3 Å². The summed E-state index contributed by atoms with van der Waals surface area (Å²) in [4.78, 5) is 38.3. The average molecular weight is 477 g/mol. The summed E-state index contributed by atoms with van der Waals surface area (Å²) in [6, 6.07) is 19.6. The van der Waals surface area contributed by atoms with Crippen molar-refractivity contribution >= 4 is 27.8 Å². The van der Waals surface area contributed by atoms with E-state index in [0.717, 1.165) is 16.0 Å². The van der Waals surface area contributed by atoms with E-state index in [0.29, 0.717) is 13.0 Å². The molecule has 0 atom stereocenters. The molecule has 0 radical (unpaired) electrons. The van der Waals surface area contributed by atoms with Gasteiger partial charge in [-0.25, -0.2) is 18.1 Å². The first-order valence-electron chi connectivity index (χ1n) is 10.7. The fourth-order valence-corrected chi connectivity index (χ4v) is 5.64. The minimum atomic E-state index is -3.84. The molecule has 2 heterocycles. The quantitative estimate of drug-likeness (QED) is 0.415. The van der Waals surface area contributed by atoms with E-state index in [1.165, 1.54) is 40.7 Å². The third kappa shape index (κ3) is 3.78.